The van der Waals surface area contributed by atoms with Gasteiger partial charge in [-0.1, -0.05) is 13.2 Å². The third-order valence-electron chi connectivity index (χ3n) is 1.57. The molecule has 16 heavy (non-hydrogen) atoms. The van der Waals surface area contributed by atoms with Gasteiger partial charge in [-0.15, -0.1) is 0 Å². The summed E-state index contributed by atoms with van der Waals surface area (Å²) in [5.74, 6) is -1.43. The zero-order valence-corrected chi connectivity index (χ0v) is 8.67. The van der Waals surface area contributed by atoms with Gasteiger partial charge in [-0.2, -0.15) is 0 Å². The molecule has 0 aromatic carbocycles. The Hall–Kier alpha value is -1.66. The van der Waals surface area contributed by atoms with Gasteiger partial charge in [-0.3, -0.25) is 0 Å². The van der Waals surface area contributed by atoms with E-state index < -0.39 is 37.4 Å². The number of carbonyl (C=O) groups is 2. The van der Waals surface area contributed by atoms with Crippen molar-refractivity contribution in [1.82, 2.24) is 0 Å². The third-order valence-corrected chi connectivity index (χ3v) is 1.57. The maximum atomic E-state index is 10.6. The minimum atomic E-state index is -1.33. The molecule has 0 fully saturated rings. The van der Waals surface area contributed by atoms with Crippen molar-refractivity contribution in [1.29, 1.82) is 0 Å². The van der Waals surface area contributed by atoms with E-state index in [1.807, 2.05) is 0 Å². The van der Waals surface area contributed by atoms with E-state index in [0.717, 1.165) is 12.2 Å². The molecule has 0 heterocycles. The van der Waals surface area contributed by atoms with Crippen LogP contribution in [0.2, 0.25) is 0 Å². The highest BCUT2D eigenvalue weighted by molar-refractivity contribution is 5.81. The Morgan fingerprint density at radius 1 is 1.00 bits per heavy atom. The lowest BCUT2D eigenvalue weighted by molar-refractivity contribution is -0.150. The van der Waals surface area contributed by atoms with Crippen molar-refractivity contribution in [2.75, 3.05) is 13.2 Å². The number of esters is 2. The number of aliphatic hydroxyl groups is 2. The van der Waals surface area contributed by atoms with Crippen LogP contribution in [0.5, 0.6) is 0 Å². The normalized spacial score (nSPS) is 13.4. The Bertz CT molecular complexity index is 244. The first-order valence-corrected chi connectivity index (χ1v) is 4.45. The van der Waals surface area contributed by atoms with Gasteiger partial charge in [0.15, 0.2) is 0 Å². The van der Waals surface area contributed by atoms with E-state index in [1.54, 1.807) is 0 Å². The Morgan fingerprint density at radius 3 is 1.56 bits per heavy atom. The molecule has 2 atom stereocenters. The first-order valence-electron chi connectivity index (χ1n) is 4.45. The average Bonchev–Trinajstić information content (AvgIpc) is 2.31. The van der Waals surface area contributed by atoms with E-state index in [1.165, 1.54) is 0 Å². The largest absolute Gasteiger partial charge is 0.460 e. The molecule has 0 saturated heterocycles. The molecule has 0 radical (unpaired) electrons. The quantitative estimate of drug-likeness (QED) is 0.438. The van der Waals surface area contributed by atoms with E-state index in [2.05, 4.69) is 22.6 Å². The summed E-state index contributed by atoms with van der Waals surface area (Å²) in [6.07, 6.45) is -0.809. The molecular weight excluding hydrogens is 216 g/mol. The minimum absolute atomic E-state index is 0.405. The molecule has 2 N–H and O–H groups in total. The fourth-order valence-corrected chi connectivity index (χ4v) is 0.675. The summed E-state index contributed by atoms with van der Waals surface area (Å²) in [6, 6.07) is 0. The van der Waals surface area contributed by atoms with Crippen LogP contribution in [-0.4, -0.2) is 47.6 Å². The molecule has 0 aliphatic rings. The van der Waals surface area contributed by atoms with E-state index in [-0.39, 0.29) is 0 Å². The standard InChI is InChI=1S/C10H14O6/c1-3-9(13)15-5-7(11)8(12)6-16-10(14)4-2/h3-4,7-8,11-12H,1-2,5-6H2. The number of aliphatic hydroxyl groups excluding tert-OH is 2. The van der Waals surface area contributed by atoms with Crippen LogP contribution in [0.15, 0.2) is 25.3 Å². The lowest BCUT2D eigenvalue weighted by Gasteiger charge is -2.16. The van der Waals surface area contributed by atoms with E-state index in [9.17, 15) is 19.8 Å². The number of ether oxygens (including phenoxy) is 2. The Morgan fingerprint density at radius 2 is 1.31 bits per heavy atom. The zero-order chi connectivity index (χ0) is 12.6. The van der Waals surface area contributed by atoms with Crippen LogP contribution in [0.4, 0.5) is 0 Å². The lowest BCUT2D eigenvalue weighted by Crippen LogP contribution is -2.35. The van der Waals surface area contributed by atoms with Crippen molar-refractivity contribution < 1.29 is 29.3 Å². The molecule has 0 saturated carbocycles. The summed E-state index contributed by atoms with van der Waals surface area (Å²) in [5, 5.41) is 18.5. The smallest absolute Gasteiger partial charge is 0.330 e. The Labute approximate surface area is 92.8 Å². The predicted molar refractivity (Wildman–Crippen MR) is 54.3 cm³/mol. The number of hydrogen-bond donors (Lipinski definition) is 2. The number of hydrogen-bond acceptors (Lipinski definition) is 6. The van der Waals surface area contributed by atoms with Gasteiger partial charge in [0.2, 0.25) is 0 Å². The van der Waals surface area contributed by atoms with Gasteiger partial charge in [0.1, 0.15) is 25.4 Å². The summed E-state index contributed by atoms with van der Waals surface area (Å²) < 4.78 is 8.96. The Balaban J connectivity index is 3.84. The molecule has 0 aromatic rings. The molecule has 0 aliphatic carbocycles. The summed E-state index contributed by atoms with van der Waals surface area (Å²) in [4.78, 5) is 21.2. The van der Waals surface area contributed by atoms with Gasteiger partial charge < -0.3 is 19.7 Å². The van der Waals surface area contributed by atoms with Gasteiger partial charge in [0.25, 0.3) is 0 Å². The highest BCUT2D eigenvalue weighted by Crippen LogP contribution is 1.97. The molecule has 0 spiro atoms. The molecule has 0 aliphatic heterocycles. The first kappa shape index (κ1) is 14.3. The topological polar surface area (TPSA) is 93.1 Å². The fourth-order valence-electron chi connectivity index (χ4n) is 0.675. The molecule has 0 rings (SSSR count). The van der Waals surface area contributed by atoms with E-state index in [4.69, 9.17) is 0 Å². The molecular formula is C10H14O6. The minimum Gasteiger partial charge on any atom is -0.460 e. The molecule has 0 aromatic heterocycles. The van der Waals surface area contributed by atoms with E-state index in [0.29, 0.717) is 0 Å². The van der Waals surface area contributed by atoms with Crippen molar-refractivity contribution >= 4 is 11.9 Å². The average molecular weight is 230 g/mol. The van der Waals surface area contributed by atoms with Crippen molar-refractivity contribution in [2.24, 2.45) is 0 Å². The van der Waals surface area contributed by atoms with Crippen LogP contribution in [0.1, 0.15) is 0 Å². The van der Waals surface area contributed by atoms with Crippen LogP contribution >= 0.6 is 0 Å². The Kier molecular flexibility index (Phi) is 6.82. The molecule has 6 heteroatoms. The molecule has 90 valence electrons. The predicted octanol–water partition coefficient (Wildman–Crippen LogP) is -0.833. The highest BCUT2D eigenvalue weighted by atomic mass is 16.6. The van der Waals surface area contributed by atoms with Crippen LogP contribution in [0, 0.1) is 0 Å². The molecule has 6 nitrogen and oxygen atoms in total. The van der Waals surface area contributed by atoms with Crippen molar-refractivity contribution in [3.63, 3.8) is 0 Å². The summed E-state index contributed by atoms with van der Waals surface area (Å²) in [5.41, 5.74) is 0. The van der Waals surface area contributed by atoms with Gasteiger partial charge in [0.05, 0.1) is 0 Å². The van der Waals surface area contributed by atoms with Crippen LogP contribution in [0.25, 0.3) is 0 Å². The SMILES string of the molecule is C=CC(=O)OCC(O)C(O)COC(=O)C=C. The van der Waals surface area contributed by atoms with Crippen molar-refractivity contribution in [2.45, 2.75) is 12.2 Å². The van der Waals surface area contributed by atoms with Crippen molar-refractivity contribution in [3.8, 4) is 0 Å². The van der Waals surface area contributed by atoms with Crippen LogP contribution in [0.3, 0.4) is 0 Å². The maximum Gasteiger partial charge on any atom is 0.330 e. The lowest BCUT2D eigenvalue weighted by atomic mass is 10.2. The summed E-state index contributed by atoms with van der Waals surface area (Å²) >= 11 is 0. The monoisotopic (exact) mass is 230 g/mol. The van der Waals surface area contributed by atoms with Crippen LogP contribution in [-0.2, 0) is 19.1 Å². The maximum absolute atomic E-state index is 10.6. The molecule has 2 unspecified atom stereocenters. The zero-order valence-electron chi connectivity index (χ0n) is 8.67. The van der Waals surface area contributed by atoms with Gasteiger partial charge in [-0.05, 0) is 0 Å². The third kappa shape index (κ3) is 5.94. The van der Waals surface area contributed by atoms with E-state index >= 15 is 0 Å². The van der Waals surface area contributed by atoms with Crippen LogP contribution < -0.4 is 0 Å². The molecule has 0 bridgehead atoms. The second kappa shape index (κ2) is 7.61. The number of carbonyl (C=O) groups excluding carboxylic acids is 2. The fraction of sp³-hybridized carbons (Fsp3) is 0.400. The second-order valence-electron chi connectivity index (χ2n) is 2.80. The van der Waals surface area contributed by atoms with Gasteiger partial charge >= 0.3 is 11.9 Å². The highest BCUT2D eigenvalue weighted by Gasteiger charge is 2.19. The summed E-state index contributed by atoms with van der Waals surface area (Å²) in [7, 11) is 0. The number of rotatable bonds is 7. The van der Waals surface area contributed by atoms with Crippen molar-refractivity contribution in [3.05, 3.63) is 25.3 Å². The first-order chi connectivity index (χ1) is 7.51. The summed E-state index contributed by atoms with van der Waals surface area (Å²) in [6.45, 7) is 5.50. The molecule has 0 amide bonds. The second-order valence-corrected chi connectivity index (χ2v) is 2.80. The van der Waals surface area contributed by atoms with Gasteiger partial charge in [-0.25, -0.2) is 9.59 Å². The van der Waals surface area contributed by atoms with Gasteiger partial charge in [0, 0.05) is 12.2 Å².